The number of hydrogen-bond donors (Lipinski definition) is 4. The van der Waals surface area contributed by atoms with Crippen molar-refractivity contribution < 1.29 is 0 Å². The summed E-state index contributed by atoms with van der Waals surface area (Å²) in [6.07, 6.45) is 0. The highest BCUT2D eigenvalue weighted by atomic mass is 32.1. The molecule has 92 valence electrons. The van der Waals surface area contributed by atoms with E-state index in [2.05, 4.69) is 19.9 Å². The van der Waals surface area contributed by atoms with Gasteiger partial charge in [0.1, 0.15) is 11.3 Å². The highest BCUT2D eigenvalue weighted by Gasteiger charge is 2.13. The molecule has 0 amide bonds. The molecule has 0 atom stereocenters. The lowest BCUT2D eigenvalue weighted by molar-refractivity contribution is 1.07. The number of aromatic amines is 3. The summed E-state index contributed by atoms with van der Waals surface area (Å²) in [4.78, 5) is 35.4. The number of nitrogens with one attached hydrogen (secondary N) is 3. The van der Waals surface area contributed by atoms with Crippen molar-refractivity contribution in [3.8, 4) is 11.4 Å². The summed E-state index contributed by atoms with van der Waals surface area (Å²) in [5, 5.41) is 0.616. The van der Waals surface area contributed by atoms with Crippen molar-refractivity contribution in [1.29, 1.82) is 0 Å². The van der Waals surface area contributed by atoms with Gasteiger partial charge in [0.2, 0.25) is 0 Å². The van der Waals surface area contributed by atoms with Crippen molar-refractivity contribution in [1.82, 2.24) is 19.9 Å². The van der Waals surface area contributed by atoms with Crippen molar-refractivity contribution in [3.05, 3.63) is 31.8 Å². The average molecular weight is 263 g/mol. The Hall–Kier alpha value is -2.35. The number of hydrogen-bond acceptors (Lipinski definition) is 5. The van der Waals surface area contributed by atoms with E-state index in [4.69, 9.17) is 5.73 Å². The number of thiophene rings is 1. The molecule has 0 fully saturated rings. The quantitative estimate of drug-likeness (QED) is 0.512. The molecule has 0 aliphatic carbocycles. The van der Waals surface area contributed by atoms with Gasteiger partial charge in [0, 0.05) is 4.88 Å². The summed E-state index contributed by atoms with van der Waals surface area (Å²) in [6, 6.07) is 1.88. The van der Waals surface area contributed by atoms with Gasteiger partial charge >= 0.3 is 5.69 Å². The van der Waals surface area contributed by atoms with Crippen LogP contribution in [0.1, 0.15) is 4.88 Å². The van der Waals surface area contributed by atoms with Crippen LogP contribution in [0.4, 0.5) is 5.00 Å². The third-order valence-corrected chi connectivity index (χ3v) is 3.41. The lowest BCUT2D eigenvalue weighted by atomic mass is 10.3. The Kier molecular flexibility index (Phi) is 2.14. The number of nitrogens with two attached hydrogens (primary N) is 1. The minimum atomic E-state index is -0.583. The smallest absolute Gasteiger partial charge is 0.327 e. The van der Waals surface area contributed by atoms with E-state index in [1.54, 1.807) is 0 Å². The first-order chi connectivity index (χ1) is 8.54. The molecule has 0 bridgehead atoms. The molecule has 0 saturated heterocycles. The lowest BCUT2D eigenvalue weighted by Gasteiger charge is -1.91. The summed E-state index contributed by atoms with van der Waals surface area (Å²) in [5.41, 5.74) is 5.96. The molecule has 0 radical (unpaired) electrons. The van der Waals surface area contributed by atoms with E-state index in [0.29, 0.717) is 10.8 Å². The van der Waals surface area contributed by atoms with Gasteiger partial charge in [0.25, 0.3) is 5.56 Å². The van der Waals surface area contributed by atoms with Crippen molar-refractivity contribution in [2.45, 2.75) is 6.92 Å². The highest BCUT2D eigenvalue weighted by molar-refractivity contribution is 7.16. The Morgan fingerprint density at radius 1 is 1.28 bits per heavy atom. The maximum atomic E-state index is 11.6. The first kappa shape index (κ1) is 10.8. The van der Waals surface area contributed by atoms with Crippen molar-refractivity contribution in [2.24, 2.45) is 0 Å². The van der Waals surface area contributed by atoms with Gasteiger partial charge in [-0.05, 0) is 13.0 Å². The summed E-state index contributed by atoms with van der Waals surface area (Å²) in [6.45, 7) is 1.93. The predicted molar refractivity (Wildman–Crippen MR) is 69.8 cm³/mol. The number of aryl methyl sites for hydroxylation is 1. The van der Waals surface area contributed by atoms with Crippen LogP contribution in [0.5, 0.6) is 0 Å². The van der Waals surface area contributed by atoms with Crippen molar-refractivity contribution in [3.63, 3.8) is 0 Å². The number of aromatic nitrogens is 4. The number of nitrogen functional groups attached to an aromatic ring is 1. The van der Waals surface area contributed by atoms with Crippen LogP contribution in [0.25, 0.3) is 22.6 Å². The van der Waals surface area contributed by atoms with Crippen LogP contribution in [0, 0.1) is 6.92 Å². The molecule has 3 heterocycles. The Labute approximate surface area is 104 Å². The number of imidazole rings is 1. The maximum Gasteiger partial charge on any atom is 0.327 e. The van der Waals surface area contributed by atoms with E-state index in [1.165, 1.54) is 11.3 Å². The SMILES string of the molecule is Cc1cc(-c2nc3[nH]c(=O)[nH]c(=O)c3[nH]2)c(N)s1. The molecule has 3 aromatic heterocycles. The lowest BCUT2D eigenvalue weighted by Crippen LogP contribution is -2.21. The summed E-state index contributed by atoms with van der Waals surface area (Å²) in [5.74, 6) is 0.471. The monoisotopic (exact) mass is 263 g/mol. The number of H-pyrrole nitrogens is 3. The fourth-order valence-electron chi connectivity index (χ4n) is 1.78. The molecule has 8 heteroatoms. The molecular formula is C10H9N5O2S. The fraction of sp³-hybridized carbons (Fsp3) is 0.100. The molecule has 3 aromatic rings. The van der Waals surface area contributed by atoms with Crippen LogP contribution < -0.4 is 17.0 Å². The van der Waals surface area contributed by atoms with E-state index >= 15 is 0 Å². The van der Waals surface area contributed by atoms with Crippen LogP contribution in [-0.4, -0.2) is 19.9 Å². The Balaban J connectivity index is 2.32. The summed E-state index contributed by atoms with van der Waals surface area (Å²) < 4.78 is 0. The van der Waals surface area contributed by atoms with Gasteiger partial charge in [0.05, 0.1) is 10.6 Å². The van der Waals surface area contributed by atoms with Crippen LogP contribution >= 0.6 is 11.3 Å². The standard InChI is InChI=1S/C10H9N5O2S/c1-3-2-4(6(11)18-3)7-12-5-8(13-7)14-10(17)15-9(5)16/h2H,11H2,1H3,(H3,12,13,14,15,16,17). The summed E-state index contributed by atoms with van der Waals surface area (Å²) in [7, 11) is 0. The summed E-state index contributed by atoms with van der Waals surface area (Å²) >= 11 is 1.44. The molecule has 7 nitrogen and oxygen atoms in total. The normalized spacial score (nSPS) is 11.2. The Morgan fingerprint density at radius 2 is 2.06 bits per heavy atom. The van der Waals surface area contributed by atoms with Crippen LogP contribution in [0.2, 0.25) is 0 Å². The molecule has 0 aromatic carbocycles. The van der Waals surface area contributed by atoms with E-state index in [9.17, 15) is 9.59 Å². The molecule has 5 N–H and O–H groups in total. The average Bonchev–Trinajstić information content (AvgIpc) is 2.81. The number of anilines is 1. The molecule has 0 unspecified atom stereocenters. The van der Waals surface area contributed by atoms with E-state index in [0.717, 1.165) is 10.4 Å². The van der Waals surface area contributed by atoms with Gasteiger partial charge in [-0.3, -0.25) is 14.8 Å². The number of rotatable bonds is 1. The zero-order valence-electron chi connectivity index (χ0n) is 9.33. The van der Waals surface area contributed by atoms with Gasteiger partial charge in [-0.2, -0.15) is 0 Å². The van der Waals surface area contributed by atoms with Gasteiger partial charge in [-0.15, -0.1) is 11.3 Å². The topological polar surface area (TPSA) is 120 Å². The van der Waals surface area contributed by atoms with Crippen LogP contribution in [-0.2, 0) is 0 Å². The molecule has 18 heavy (non-hydrogen) atoms. The second-order valence-corrected chi connectivity index (χ2v) is 5.14. The molecule has 0 aliphatic heterocycles. The second kappa shape index (κ2) is 3.57. The first-order valence-electron chi connectivity index (χ1n) is 5.13. The zero-order chi connectivity index (χ0) is 12.9. The van der Waals surface area contributed by atoms with Crippen molar-refractivity contribution in [2.75, 3.05) is 5.73 Å². The van der Waals surface area contributed by atoms with E-state index < -0.39 is 11.2 Å². The van der Waals surface area contributed by atoms with Gasteiger partial charge in [0.15, 0.2) is 5.65 Å². The second-order valence-electron chi connectivity index (χ2n) is 3.85. The fourth-order valence-corrected chi connectivity index (χ4v) is 2.57. The van der Waals surface area contributed by atoms with Gasteiger partial charge < -0.3 is 10.7 Å². The van der Waals surface area contributed by atoms with Gasteiger partial charge in [-0.25, -0.2) is 9.78 Å². The predicted octanol–water partition coefficient (Wildman–Crippen LogP) is 0.559. The van der Waals surface area contributed by atoms with Crippen LogP contribution in [0.15, 0.2) is 15.7 Å². The minimum Gasteiger partial charge on any atom is -0.390 e. The van der Waals surface area contributed by atoms with Crippen LogP contribution in [0.3, 0.4) is 0 Å². The van der Waals surface area contributed by atoms with E-state index in [-0.39, 0.29) is 11.2 Å². The molecule has 0 aliphatic rings. The molecule has 3 rings (SSSR count). The largest absolute Gasteiger partial charge is 0.390 e. The van der Waals surface area contributed by atoms with E-state index in [1.807, 2.05) is 13.0 Å². The minimum absolute atomic E-state index is 0.224. The third-order valence-electron chi connectivity index (χ3n) is 2.53. The zero-order valence-corrected chi connectivity index (χ0v) is 10.1. The maximum absolute atomic E-state index is 11.6. The Morgan fingerprint density at radius 3 is 2.72 bits per heavy atom. The number of fused-ring (bicyclic) bond motifs is 1. The van der Waals surface area contributed by atoms with Gasteiger partial charge in [-0.1, -0.05) is 0 Å². The first-order valence-corrected chi connectivity index (χ1v) is 5.95. The highest BCUT2D eigenvalue weighted by Crippen LogP contribution is 2.31. The number of nitrogens with zero attached hydrogens (tertiary/aromatic N) is 1. The molecular weight excluding hydrogens is 254 g/mol. The van der Waals surface area contributed by atoms with Crippen molar-refractivity contribution >= 4 is 27.5 Å². The molecule has 0 saturated carbocycles. The molecule has 0 spiro atoms. The third kappa shape index (κ3) is 1.54. The Bertz CT molecular complexity index is 853.